The lowest BCUT2D eigenvalue weighted by Crippen LogP contribution is -2.37. The molecule has 3 aliphatic rings. The number of hydrogen-bond donors (Lipinski definition) is 0. The van der Waals surface area contributed by atoms with Gasteiger partial charge in [0.1, 0.15) is 0 Å². The Morgan fingerprint density at radius 1 is 1.15 bits per heavy atom. The van der Waals surface area contributed by atoms with E-state index in [-0.39, 0.29) is 0 Å². The Morgan fingerprint density at radius 3 is 2.85 bits per heavy atom. The van der Waals surface area contributed by atoms with E-state index in [2.05, 4.69) is 4.90 Å². The zero-order valence-corrected chi connectivity index (χ0v) is 8.24. The molecule has 1 saturated carbocycles. The van der Waals surface area contributed by atoms with Gasteiger partial charge in [-0.3, -0.25) is 4.90 Å². The first-order valence-electron chi connectivity index (χ1n) is 5.79. The summed E-state index contributed by atoms with van der Waals surface area (Å²) >= 11 is 0. The van der Waals surface area contributed by atoms with Crippen LogP contribution in [0.4, 0.5) is 0 Å². The average Bonchev–Trinajstić information content (AvgIpc) is 2.88. The summed E-state index contributed by atoms with van der Waals surface area (Å²) in [6.45, 7) is 3.59. The molecular formula is C11H19NO. The molecule has 3 fully saturated rings. The predicted octanol–water partition coefficient (Wildman–Crippen LogP) is 1.65. The van der Waals surface area contributed by atoms with Gasteiger partial charge in [-0.2, -0.15) is 0 Å². The Hall–Kier alpha value is -0.0800. The highest BCUT2D eigenvalue weighted by Gasteiger charge is 2.38. The van der Waals surface area contributed by atoms with Gasteiger partial charge in [0.05, 0.1) is 12.7 Å². The van der Waals surface area contributed by atoms with Crippen LogP contribution in [0, 0.1) is 5.92 Å². The molecule has 3 atom stereocenters. The lowest BCUT2D eigenvalue weighted by molar-refractivity contribution is 0.169. The van der Waals surface area contributed by atoms with Crippen LogP contribution in [0.5, 0.6) is 0 Å². The van der Waals surface area contributed by atoms with Crippen molar-refractivity contribution in [2.45, 2.75) is 44.2 Å². The Bertz CT molecular complexity index is 191. The van der Waals surface area contributed by atoms with Crippen molar-refractivity contribution in [1.29, 1.82) is 0 Å². The lowest BCUT2D eigenvalue weighted by atomic mass is 9.85. The highest BCUT2D eigenvalue weighted by Crippen LogP contribution is 2.36. The number of likely N-dealkylation sites (tertiary alicyclic amines) is 1. The third-order valence-electron chi connectivity index (χ3n) is 3.97. The Balaban J connectivity index is 1.61. The van der Waals surface area contributed by atoms with Crippen LogP contribution in [0.25, 0.3) is 0 Å². The number of ether oxygens (including phenoxy) is 1. The zero-order chi connectivity index (χ0) is 8.67. The highest BCUT2D eigenvalue weighted by molar-refractivity contribution is 4.91. The standard InChI is InChI=1S/C11H19NO/c1-2-4-11-9(3-1)5-6-12(11)7-10-8-13-10/h9-11H,1-8H2. The molecule has 1 aliphatic carbocycles. The molecule has 0 N–H and O–H groups in total. The van der Waals surface area contributed by atoms with E-state index in [0.717, 1.165) is 18.6 Å². The number of epoxide rings is 1. The number of rotatable bonds is 2. The summed E-state index contributed by atoms with van der Waals surface area (Å²) < 4.78 is 5.31. The van der Waals surface area contributed by atoms with Crippen LogP contribution in [0.15, 0.2) is 0 Å². The second-order valence-corrected chi connectivity index (χ2v) is 4.85. The first-order valence-corrected chi connectivity index (χ1v) is 5.79. The summed E-state index contributed by atoms with van der Waals surface area (Å²) in [4.78, 5) is 2.70. The molecular weight excluding hydrogens is 162 g/mol. The van der Waals surface area contributed by atoms with Gasteiger partial charge in [0.25, 0.3) is 0 Å². The minimum absolute atomic E-state index is 0.598. The van der Waals surface area contributed by atoms with E-state index in [0.29, 0.717) is 6.10 Å². The molecule has 0 aromatic carbocycles. The van der Waals surface area contributed by atoms with Gasteiger partial charge in [-0.25, -0.2) is 0 Å². The SMILES string of the molecule is C1CCC2C(C1)CCN2CC1CO1. The van der Waals surface area contributed by atoms with Gasteiger partial charge in [-0.05, 0) is 31.7 Å². The molecule has 0 spiro atoms. The minimum atomic E-state index is 0.598. The Kier molecular flexibility index (Phi) is 2.06. The van der Waals surface area contributed by atoms with Gasteiger partial charge in [0.2, 0.25) is 0 Å². The maximum atomic E-state index is 5.31. The largest absolute Gasteiger partial charge is 0.372 e. The first-order chi connectivity index (χ1) is 6.43. The summed E-state index contributed by atoms with van der Waals surface area (Å²) in [5.41, 5.74) is 0. The van der Waals surface area contributed by atoms with E-state index in [9.17, 15) is 0 Å². The van der Waals surface area contributed by atoms with Gasteiger partial charge in [-0.15, -0.1) is 0 Å². The van der Waals surface area contributed by atoms with Crippen LogP contribution < -0.4 is 0 Å². The molecule has 2 heteroatoms. The molecule has 0 radical (unpaired) electrons. The Morgan fingerprint density at radius 2 is 2.00 bits per heavy atom. The van der Waals surface area contributed by atoms with Gasteiger partial charge in [0, 0.05) is 12.6 Å². The van der Waals surface area contributed by atoms with E-state index in [1.807, 2.05) is 0 Å². The van der Waals surface area contributed by atoms with Crippen molar-refractivity contribution in [2.24, 2.45) is 5.92 Å². The normalized spacial score (nSPS) is 44.8. The maximum absolute atomic E-state index is 5.31. The molecule has 2 aliphatic heterocycles. The summed E-state index contributed by atoms with van der Waals surface area (Å²) in [5.74, 6) is 1.03. The second-order valence-electron chi connectivity index (χ2n) is 4.85. The lowest BCUT2D eigenvalue weighted by Gasteiger charge is -2.31. The molecule has 3 rings (SSSR count). The molecule has 13 heavy (non-hydrogen) atoms. The molecule has 0 aromatic rings. The monoisotopic (exact) mass is 181 g/mol. The van der Waals surface area contributed by atoms with Crippen molar-refractivity contribution in [3.63, 3.8) is 0 Å². The third-order valence-corrected chi connectivity index (χ3v) is 3.97. The zero-order valence-electron chi connectivity index (χ0n) is 8.24. The van der Waals surface area contributed by atoms with Crippen LogP contribution in [-0.2, 0) is 4.74 Å². The fourth-order valence-corrected chi connectivity index (χ4v) is 3.16. The van der Waals surface area contributed by atoms with Gasteiger partial charge >= 0.3 is 0 Å². The molecule has 3 unspecified atom stereocenters. The predicted molar refractivity (Wildman–Crippen MR) is 51.7 cm³/mol. The summed E-state index contributed by atoms with van der Waals surface area (Å²) in [7, 11) is 0. The van der Waals surface area contributed by atoms with E-state index in [1.165, 1.54) is 45.2 Å². The second kappa shape index (κ2) is 3.25. The van der Waals surface area contributed by atoms with E-state index >= 15 is 0 Å². The Labute approximate surface area is 80.2 Å². The summed E-state index contributed by atoms with van der Waals surface area (Å²) in [5, 5.41) is 0. The van der Waals surface area contributed by atoms with Crippen molar-refractivity contribution < 1.29 is 4.74 Å². The van der Waals surface area contributed by atoms with Crippen LogP contribution in [0.2, 0.25) is 0 Å². The van der Waals surface area contributed by atoms with Crippen molar-refractivity contribution >= 4 is 0 Å². The summed E-state index contributed by atoms with van der Waals surface area (Å²) in [6, 6.07) is 0.929. The van der Waals surface area contributed by atoms with Crippen molar-refractivity contribution in [3.05, 3.63) is 0 Å². The molecule has 74 valence electrons. The fraction of sp³-hybridized carbons (Fsp3) is 1.00. The summed E-state index contributed by atoms with van der Waals surface area (Å²) in [6.07, 6.45) is 7.94. The van der Waals surface area contributed by atoms with Crippen LogP contribution in [0.3, 0.4) is 0 Å². The van der Waals surface area contributed by atoms with Gasteiger partial charge < -0.3 is 4.74 Å². The van der Waals surface area contributed by atoms with Gasteiger partial charge in [-0.1, -0.05) is 12.8 Å². The molecule has 2 nitrogen and oxygen atoms in total. The van der Waals surface area contributed by atoms with Crippen LogP contribution >= 0.6 is 0 Å². The number of fused-ring (bicyclic) bond motifs is 1. The number of hydrogen-bond acceptors (Lipinski definition) is 2. The molecule has 0 aromatic heterocycles. The quantitative estimate of drug-likeness (QED) is 0.602. The van der Waals surface area contributed by atoms with Crippen molar-refractivity contribution in [3.8, 4) is 0 Å². The minimum Gasteiger partial charge on any atom is -0.372 e. The van der Waals surface area contributed by atoms with Crippen LogP contribution in [0.1, 0.15) is 32.1 Å². The van der Waals surface area contributed by atoms with Crippen molar-refractivity contribution in [1.82, 2.24) is 4.90 Å². The average molecular weight is 181 g/mol. The maximum Gasteiger partial charge on any atom is 0.0936 e. The molecule has 2 saturated heterocycles. The molecule has 0 bridgehead atoms. The van der Waals surface area contributed by atoms with E-state index < -0.39 is 0 Å². The third kappa shape index (κ3) is 1.62. The van der Waals surface area contributed by atoms with Crippen LogP contribution in [-0.4, -0.2) is 36.7 Å². The van der Waals surface area contributed by atoms with E-state index in [1.54, 1.807) is 0 Å². The van der Waals surface area contributed by atoms with E-state index in [4.69, 9.17) is 4.74 Å². The van der Waals surface area contributed by atoms with Crippen molar-refractivity contribution in [2.75, 3.05) is 19.7 Å². The number of nitrogens with zero attached hydrogens (tertiary/aromatic N) is 1. The molecule has 0 amide bonds. The van der Waals surface area contributed by atoms with Gasteiger partial charge in [0.15, 0.2) is 0 Å². The smallest absolute Gasteiger partial charge is 0.0936 e. The topological polar surface area (TPSA) is 15.8 Å². The first kappa shape index (κ1) is 8.25. The molecule has 2 heterocycles. The fourth-order valence-electron chi connectivity index (χ4n) is 3.16. The highest BCUT2D eigenvalue weighted by atomic mass is 16.6.